The Morgan fingerprint density at radius 2 is 2.10 bits per heavy atom. The van der Waals surface area contributed by atoms with Crippen LogP contribution in [0.1, 0.15) is 0 Å². The zero-order valence-electron chi connectivity index (χ0n) is 4.78. The average Bonchev–Trinajstić information content (AvgIpc) is 2.33. The number of aromatic nitrogens is 3. The quantitative estimate of drug-likeness (QED) is 0.567. The molecule has 0 aliphatic rings. The molecule has 2 aromatic rings. The third-order valence-corrected chi connectivity index (χ3v) is 1.87. The fourth-order valence-corrected chi connectivity index (χ4v) is 1.32. The minimum Gasteiger partial charge on any atom is -0.242 e. The molecule has 2 heterocycles. The zero-order chi connectivity index (χ0) is 6.97. The summed E-state index contributed by atoms with van der Waals surface area (Å²) in [6.45, 7) is 0. The predicted octanol–water partition coefficient (Wildman–Crippen LogP) is 1.74. The van der Waals surface area contributed by atoms with Crippen LogP contribution in [-0.2, 0) is 0 Å². The third kappa shape index (κ3) is 0.853. The highest BCUT2D eigenvalue weighted by atomic mass is 35.5. The summed E-state index contributed by atoms with van der Waals surface area (Å²) in [6, 6.07) is 1.69. The Hall–Kier alpha value is -0.740. The maximum absolute atomic E-state index is 5.60. The van der Waals surface area contributed by atoms with Gasteiger partial charge in [0.15, 0.2) is 0 Å². The second-order valence-electron chi connectivity index (χ2n) is 1.76. The lowest BCUT2D eigenvalue weighted by atomic mass is 10.4. The van der Waals surface area contributed by atoms with Crippen LogP contribution >= 0.6 is 23.3 Å². The van der Waals surface area contributed by atoms with Crippen molar-refractivity contribution in [3.63, 3.8) is 0 Å². The Balaban J connectivity index is 2.86. The zero-order valence-corrected chi connectivity index (χ0v) is 6.35. The lowest BCUT2D eigenvalue weighted by Crippen LogP contribution is -1.73. The van der Waals surface area contributed by atoms with Crippen molar-refractivity contribution in [2.75, 3.05) is 0 Å². The van der Waals surface area contributed by atoms with Crippen LogP contribution in [0.2, 0.25) is 5.15 Å². The molecule has 50 valence electrons. The molecule has 0 aliphatic carbocycles. The monoisotopic (exact) mass is 171 g/mol. The van der Waals surface area contributed by atoms with Crippen LogP contribution in [0.15, 0.2) is 12.3 Å². The van der Waals surface area contributed by atoms with Crippen LogP contribution in [0, 0.1) is 0 Å². The molecule has 0 aromatic carbocycles. The Morgan fingerprint density at radius 1 is 1.30 bits per heavy atom. The molecular formula is C5H2ClN3S. The summed E-state index contributed by atoms with van der Waals surface area (Å²) in [5, 5.41) is 0.459. The standard InChI is InChI=1S/C5H2ClN3S/c6-5-1-3-4(2-7-5)9-10-8-3/h1-2H. The van der Waals surface area contributed by atoms with E-state index in [0.29, 0.717) is 5.15 Å². The highest BCUT2D eigenvalue weighted by Crippen LogP contribution is 2.13. The van der Waals surface area contributed by atoms with E-state index in [4.69, 9.17) is 11.6 Å². The van der Waals surface area contributed by atoms with E-state index in [-0.39, 0.29) is 0 Å². The van der Waals surface area contributed by atoms with Crippen LogP contribution in [-0.4, -0.2) is 13.7 Å². The second kappa shape index (κ2) is 2.14. The number of pyridine rings is 1. The van der Waals surface area contributed by atoms with Gasteiger partial charge in [0.25, 0.3) is 0 Å². The lowest BCUT2D eigenvalue weighted by Gasteiger charge is -1.84. The largest absolute Gasteiger partial charge is 0.242 e. The first-order valence-electron chi connectivity index (χ1n) is 2.60. The number of rotatable bonds is 0. The van der Waals surface area contributed by atoms with Gasteiger partial charge in [0.05, 0.1) is 17.9 Å². The van der Waals surface area contributed by atoms with Gasteiger partial charge < -0.3 is 0 Å². The van der Waals surface area contributed by atoms with Crippen molar-refractivity contribution in [1.29, 1.82) is 0 Å². The van der Waals surface area contributed by atoms with Gasteiger partial charge in [-0.3, -0.25) is 0 Å². The second-order valence-corrected chi connectivity index (χ2v) is 2.68. The Bertz CT molecular complexity index is 358. The summed E-state index contributed by atoms with van der Waals surface area (Å²) in [7, 11) is 0. The Kier molecular flexibility index (Phi) is 1.28. The van der Waals surface area contributed by atoms with E-state index in [1.54, 1.807) is 12.3 Å². The van der Waals surface area contributed by atoms with Gasteiger partial charge in [-0.25, -0.2) is 4.98 Å². The van der Waals surface area contributed by atoms with Gasteiger partial charge in [-0.1, -0.05) is 11.6 Å². The van der Waals surface area contributed by atoms with Gasteiger partial charge >= 0.3 is 0 Å². The summed E-state index contributed by atoms with van der Waals surface area (Å²) in [5.74, 6) is 0. The fraction of sp³-hybridized carbons (Fsp3) is 0. The molecule has 0 radical (unpaired) electrons. The summed E-state index contributed by atoms with van der Waals surface area (Å²) < 4.78 is 7.95. The third-order valence-electron chi connectivity index (χ3n) is 1.11. The highest BCUT2D eigenvalue weighted by Gasteiger charge is 1.97. The lowest BCUT2D eigenvalue weighted by molar-refractivity contribution is 1.35. The minimum absolute atomic E-state index is 0.459. The first-order valence-corrected chi connectivity index (χ1v) is 3.71. The molecule has 0 saturated heterocycles. The van der Waals surface area contributed by atoms with Crippen molar-refractivity contribution in [2.45, 2.75) is 0 Å². The highest BCUT2D eigenvalue weighted by molar-refractivity contribution is 7.00. The molecule has 0 unspecified atom stereocenters. The predicted molar refractivity (Wildman–Crippen MR) is 40.2 cm³/mol. The van der Waals surface area contributed by atoms with Crippen LogP contribution < -0.4 is 0 Å². The molecule has 0 saturated carbocycles. The number of hydrogen-bond donors (Lipinski definition) is 0. The molecular weight excluding hydrogens is 170 g/mol. The Morgan fingerprint density at radius 3 is 3.00 bits per heavy atom. The van der Waals surface area contributed by atoms with E-state index < -0.39 is 0 Å². The maximum Gasteiger partial charge on any atom is 0.131 e. The number of halogens is 1. The van der Waals surface area contributed by atoms with Crippen LogP contribution in [0.25, 0.3) is 11.0 Å². The molecule has 0 fully saturated rings. The van der Waals surface area contributed by atoms with E-state index >= 15 is 0 Å². The summed E-state index contributed by atoms with van der Waals surface area (Å²) in [6.07, 6.45) is 1.61. The van der Waals surface area contributed by atoms with Gasteiger partial charge in [-0.2, -0.15) is 8.75 Å². The molecule has 0 bridgehead atoms. The van der Waals surface area contributed by atoms with Gasteiger partial charge in [0.1, 0.15) is 16.2 Å². The van der Waals surface area contributed by atoms with E-state index in [9.17, 15) is 0 Å². The van der Waals surface area contributed by atoms with Crippen molar-refractivity contribution >= 4 is 34.4 Å². The molecule has 0 N–H and O–H groups in total. The molecule has 2 rings (SSSR count). The van der Waals surface area contributed by atoms with Crippen molar-refractivity contribution in [1.82, 2.24) is 13.7 Å². The smallest absolute Gasteiger partial charge is 0.131 e. The summed E-state index contributed by atoms with van der Waals surface area (Å²) in [5.41, 5.74) is 1.61. The first-order chi connectivity index (χ1) is 4.86. The van der Waals surface area contributed by atoms with Crippen molar-refractivity contribution < 1.29 is 0 Å². The minimum atomic E-state index is 0.459. The van der Waals surface area contributed by atoms with Crippen molar-refractivity contribution in [2.24, 2.45) is 0 Å². The summed E-state index contributed by atoms with van der Waals surface area (Å²) >= 11 is 6.76. The molecule has 0 atom stereocenters. The van der Waals surface area contributed by atoms with Gasteiger partial charge in [0.2, 0.25) is 0 Å². The van der Waals surface area contributed by atoms with Gasteiger partial charge in [-0.15, -0.1) is 0 Å². The maximum atomic E-state index is 5.60. The van der Waals surface area contributed by atoms with E-state index in [1.807, 2.05) is 0 Å². The molecule has 3 nitrogen and oxygen atoms in total. The number of nitrogens with zero attached hydrogens (tertiary/aromatic N) is 3. The molecule has 0 amide bonds. The van der Waals surface area contributed by atoms with E-state index in [0.717, 1.165) is 22.8 Å². The number of hydrogen-bond acceptors (Lipinski definition) is 4. The van der Waals surface area contributed by atoms with E-state index in [1.165, 1.54) is 0 Å². The van der Waals surface area contributed by atoms with Crippen LogP contribution in [0.3, 0.4) is 0 Å². The number of fused-ring (bicyclic) bond motifs is 1. The SMILES string of the molecule is Clc1cc2nsnc2cn1. The normalized spacial score (nSPS) is 10.5. The fourth-order valence-electron chi connectivity index (χ4n) is 0.665. The van der Waals surface area contributed by atoms with E-state index in [2.05, 4.69) is 13.7 Å². The van der Waals surface area contributed by atoms with Crippen molar-refractivity contribution in [3.05, 3.63) is 17.4 Å². The molecule has 10 heavy (non-hydrogen) atoms. The molecule has 0 spiro atoms. The van der Waals surface area contributed by atoms with Gasteiger partial charge in [0, 0.05) is 6.07 Å². The molecule has 0 aliphatic heterocycles. The van der Waals surface area contributed by atoms with Crippen LogP contribution in [0.5, 0.6) is 0 Å². The first kappa shape index (κ1) is 6.00. The Labute approximate surface area is 66.0 Å². The topological polar surface area (TPSA) is 38.7 Å². The van der Waals surface area contributed by atoms with Crippen molar-refractivity contribution in [3.8, 4) is 0 Å². The summed E-state index contributed by atoms with van der Waals surface area (Å²) in [4.78, 5) is 3.85. The average molecular weight is 172 g/mol. The molecule has 2 aromatic heterocycles. The van der Waals surface area contributed by atoms with Crippen LogP contribution in [0.4, 0.5) is 0 Å². The van der Waals surface area contributed by atoms with Gasteiger partial charge in [-0.05, 0) is 0 Å². The molecule has 5 heteroatoms.